The highest BCUT2D eigenvalue weighted by Gasteiger charge is 2.58. The Hall–Kier alpha value is -3.26. The maximum atomic E-state index is 13.2. The molecule has 214 valence electrons. The van der Waals surface area contributed by atoms with Crippen molar-refractivity contribution in [2.24, 2.45) is 11.3 Å². The van der Waals surface area contributed by atoms with Crippen molar-refractivity contribution in [3.8, 4) is 17.1 Å². The highest BCUT2D eigenvalue weighted by atomic mass is 16.5. The van der Waals surface area contributed by atoms with Gasteiger partial charge in [0.05, 0.1) is 30.1 Å². The van der Waals surface area contributed by atoms with Crippen LogP contribution in [0.15, 0.2) is 36.5 Å². The minimum Gasteiger partial charge on any atom is -0.480 e. The van der Waals surface area contributed by atoms with E-state index in [0.717, 1.165) is 86.0 Å². The summed E-state index contributed by atoms with van der Waals surface area (Å²) in [6, 6.07) is 10.1. The summed E-state index contributed by atoms with van der Waals surface area (Å²) in [6.45, 7) is 4.63. The Morgan fingerprint density at radius 3 is 2.77 bits per heavy atom. The van der Waals surface area contributed by atoms with Crippen LogP contribution in [-0.4, -0.2) is 65.3 Å². The minimum absolute atomic E-state index is 0.0613. The van der Waals surface area contributed by atoms with E-state index in [1.165, 1.54) is 0 Å². The number of unbranched alkanes of at least 4 members (excludes halogenated alkanes) is 2. The van der Waals surface area contributed by atoms with E-state index < -0.39 is 0 Å². The third kappa shape index (κ3) is 6.38. The van der Waals surface area contributed by atoms with Gasteiger partial charge in [0.15, 0.2) is 0 Å². The number of nitrogens with zero attached hydrogens (tertiary/aromatic N) is 3. The summed E-state index contributed by atoms with van der Waals surface area (Å²) < 4.78 is 5.63. The molecule has 8 nitrogen and oxygen atoms in total. The van der Waals surface area contributed by atoms with Crippen LogP contribution in [0.2, 0.25) is 0 Å². The monoisotopic (exact) mass is 545 g/mol. The number of H-pyrrole nitrogens is 1. The third-order valence-corrected chi connectivity index (χ3v) is 9.07. The van der Waals surface area contributed by atoms with Crippen molar-refractivity contribution in [3.63, 3.8) is 0 Å². The number of rotatable bonds is 13. The second-order valence-electron chi connectivity index (χ2n) is 11.8. The smallest absolute Gasteiger partial charge is 0.223 e. The van der Waals surface area contributed by atoms with Crippen LogP contribution in [0, 0.1) is 11.3 Å². The number of pyridine rings is 1. The van der Waals surface area contributed by atoms with Gasteiger partial charge in [0.2, 0.25) is 11.8 Å². The quantitative estimate of drug-likeness (QED) is 0.275. The Balaban J connectivity index is 1.28. The number of para-hydroxylation sites is 1. The van der Waals surface area contributed by atoms with Crippen molar-refractivity contribution < 1.29 is 14.3 Å². The molecule has 0 radical (unpaired) electrons. The number of likely N-dealkylation sites (tertiary alicyclic amines) is 1. The average Bonchev–Trinajstić information content (AvgIpc) is 3.46. The molecule has 1 unspecified atom stereocenters. The van der Waals surface area contributed by atoms with E-state index in [9.17, 15) is 9.59 Å². The standard InChI is InChI=1S/C32H43N5O3/c1-4-24(38)12-7-5-6-11-23(20-34-30(39)26-19-32(26)14-16-37(2)17-15-32)29-33-21-28(35-29)25-18-22-10-8-9-13-27(22)36-31(25)40-3/h8-10,13,18,21,23,26H,4-7,11-12,14-17,19-20H2,1-3H3,(H,33,35)(H,34,39)/t23-,26?/m1/s1. The highest BCUT2D eigenvalue weighted by molar-refractivity contribution is 5.85. The number of methoxy groups -OCH3 is 1. The largest absolute Gasteiger partial charge is 0.480 e. The van der Waals surface area contributed by atoms with Crippen LogP contribution < -0.4 is 10.1 Å². The number of nitrogens with one attached hydrogen (secondary N) is 2. The summed E-state index contributed by atoms with van der Waals surface area (Å²) in [5, 5.41) is 4.32. The normalized spacial score (nSPS) is 19.0. The molecular weight excluding hydrogens is 502 g/mol. The van der Waals surface area contributed by atoms with Gasteiger partial charge >= 0.3 is 0 Å². The van der Waals surface area contributed by atoms with Gasteiger partial charge in [-0.3, -0.25) is 9.59 Å². The van der Waals surface area contributed by atoms with E-state index in [0.29, 0.717) is 31.0 Å². The van der Waals surface area contributed by atoms with Crippen LogP contribution in [0.5, 0.6) is 5.88 Å². The Morgan fingerprint density at radius 2 is 2.00 bits per heavy atom. The molecule has 1 aliphatic heterocycles. The lowest BCUT2D eigenvalue weighted by molar-refractivity contribution is -0.123. The third-order valence-electron chi connectivity index (χ3n) is 9.07. The topological polar surface area (TPSA) is 100 Å². The van der Waals surface area contributed by atoms with E-state index in [1.54, 1.807) is 7.11 Å². The highest BCUT2D eigenvalue weighted by Crippen LogP contribution is 2.59. The molecule has 3 aromatic rings. The number of benzene rings is 1. The number of hydrogen-bond donors (Lipinski definition) is 2. The molecule has 2 atom stereocenters. The number of imidazole rings is 1. The number of piperidine rings is 1. The van der Waals surface area contributed by atoms with Crippen LogP contribution >= 0.6 is 0 Å². The second kappa shape index (κ2) is 12.5. The van der Waals surface area contributed by atoms with Crippen LogP contribution in [0.3, 0.4) is 0 Å². The summed E-state index contributed by atoms with van der Waals surface area (Å²) in [7, 11) is 3.79. The molecule has 1 spiro atoms. The lowest BCUT2D eigenvalue weighted by atomic mass is 9.91. The number of ketones is 1. The van der Waals surface area contributed by atoms with Crippen molar-refractivity contribution in [2.75, 3.05) is 33.8 Å². The lowest BCUT2D eigenvalue weighted by Crippen LogP contribution is -2.36. The van der Waals surface area contributed by atoms with Crippen molar-refractivity contribution in [1.29, 1.82) is 0 Å². The molecule has 2 fully saturated rings. The molecule has 3 heterocycles. The molecule has 2 N–H and O–H groups in total. The van der Waals surface area contributed by atoms with Crippen molar-refractivity contribution in [1.82, 2.24) is 25.2 Å². The van der Waals surface area contributed by atoms with Gasteiger partial charge in [0.1, 0.15) is 11.6 Å². The molecule has 8 heteroatoms. The molecule has 1 saturated heterocycles. The van der Waals surface area contributed by atoms with E-state index in [1.807, 2.05) is 37.4 Å². The van der Waals surface area contributed by atoms with Gasteiger partial charge in [-0.1, -0.05) is 38.0 Å². The first kappa shape index (κ1) is 28.3. The second-order valence-corrected chi connectivity index (χ2v) is 11.8. The summed E-state index contributed by atoms with van der Waals surface area (Å²) in [4.78, 5) is 40.3. The van der Waals surface area contributed by atoms with Crippen molar-refractivity contribution >= 4 is 22.6 Å². The molecule has 2 aromatic heterocycles. The first-order chi connectivity index (χ1) is 19.4. The predicted octanol–water partition coefficient (Wildman–Crippen LogP) is 5.49. The van der Waals surface area contributed by atoms with Gasteiger partial charge < -0.3 is 19.9 Å². The molecule has 5 rings (SSSR count). The lowest BCUT2D eigenvalue weighted by Gasteiger charge is -2.29. The van der Waals surface area contributed by atoms with Gasteiger partial charge in [0.25, 0.3) is 0 Å². The van der Waals surface area contributed by atoms with Crippen molar-refractivity contribution in [3.05, 3.63) is 42.4 Å². The fourth-order valence-electron chi connectivity index (χ4n) is 6.21. The van der Waals surface area contributed by atoms with E-state index in [4.69, 9.17) is 9.72 Å². The number of carbonyl (C=O) groups is 2. The molecule has 1 aliphatic carbocycles. The number of fused-ring (bicyclic) bond motifs is 1. The van der Waals surface area contributed by atoms with Crippen LogP contribution in [-0.2, 0) is 9.59 Å². The molecule has 1 aromatic carbocycles. The molecule has 2 aliphatic rings. The fourth-order valence-corrected chi connectivity index (χ4v) is 6.21. The van der Waals surface area contributed by atoms with E-state index in [2.05, 4.69) is 33.3 Å². The number of ether oxygens (including phenoxy) is 1. The fraction of sp³-hybridized carbons (Fsp3) is 0.562. The first-order valence-electron chi connectivity index (χ1n) is 14.9. The summed E-state index contributed by atoms with van der Waals surface area (Å²) in [5.74, 6) is 2.13. The summed E-state index contributed by atoms with van der Waals surface area (Å²) in [6.07, 6.45) is 10.1. The Kier molecular flexibility index (Phi) is 8.84. The molecular formula is C32H43N5O3. The number of hydrogen-bond acceptors (Lipinski definition) is 6. The Labute approximate surface area is 237 Å². The molecule has 1 saturated carbocycles. The van der Waals surface area contributed by atoms with Gasteiger partial charge in [-0.05, 0) is 69.8 Å². The number of Topliss-reactive ketones (excluding diaryl/α,β-unsaturated/α-hetero) is 1. The summed E-state index contributed by atoms with van der Waals surface area (Å²) >= 11 is 0. The maximum Gasteiger partial charge on any atom is 0.223 e. The first-order valence-corrected chi connectivity index (χ1v) is 14.9. The number of aromatic nitrogens is 3. The summed E-state index contributed by atoms with van der Waals surface area (Å²) in [5.41, 5.74) is 2.81. The van der Waals surface area contributed by atoms with Gasteiger partial charge in [-0.15, -0.1) is 0 Å². The minimum atomic E-state index is 0.0613. The number of amides is 1. The Bertz CT molecular complexity index is 1330. The molecule has 1 amide bonds. The maximum absolute atomic E-state index is 13.2. The zero-order chi connectivity index (χ0) is 28.1. The number of carbonyl (C=O) groups excluding carboxylic acids is 2. The zero-order valence-corrected chi connectivity index (χ0v) is 24.2. The Morgan fingerprint density at radius 1 is 1.20 bits per heavy atom. The van der Waals surface area contributed by atoms with Crippen LogP contribution in [0.25, 0.3) is 22.2 Å². The van der Waals surface area contributed by atoms with Crippen molar-refractivity contribution in [2.45, 2.75) is 70.6 Å². The molecule has 40 heavy (non-hydrogen) atoms. The molecule has 0 bridgehead atoms. The zero-order valence-electron chi connectivity index (χ0n) is 24.2. The van der Waals surface area contributed by atoms with E-state index >= 15 is 0 Å². The average molecular weight is 546 g/mol. The van der Waals surface area contributed by atoms with Gasteiger partial charge in [-0.2, -0.15) is 0 Å². The van der Waals surface area contributed by atoms with Gasteiger partial charge in [-0.25, -0.2) is 9.97 Å². The van der Waals surface area contributed by atoms with Crippen LogP contribution in [0.1, 0.15) is 76.5 Å². The van der Waals surface area contributed by atoms with Crippen LogP contribution in [0.4, 0.5) is 0 Å². The van der Waals surface area contributed by atoms with E-state index in [-0.39, 0.29) is 23.2 Å². The number of aromatic amines is 1. The van der Waals surface area contributed by atoms with Gasteiger partial charge in [0, 0.05) is 36.6 Å². The SMILES string of the molecule is CCC(=O)CCCCC[C@H](CNC(=O)C1CC12CCN(C)CC2)c1ncc(-c2cc3ccccc3nc2OC)[nH]1. The predicted molar refractivity (Wildman–Crippen MR) is 157 cm³/mol.